The summed E-state index contributed by atoms with van der Waals surface area (Å²) in [5.74, 6) is 0.857. The summed E-state index contributed by atoms with van der Waals surface area (Å²) >= 11 is 0. The highest BCUT2D eigenvalue weighted by Gasteiger charge is 2.39. The van der Waals surface area contributed by atoms with Crippen LogP contribution in [-0.4, -0.2) is 103 Å². The minimum atomic E-state index is -0.704. The average Bonchev–Trinajstić information content (AvgIpc) is 3.98. The standard InChI is InChI=1S/C37H48N10O6/c1-20(2)30(44-36(50)52-5)34(48)46-13-7-9-28(46)32-40-18-24(41-32)16-23-17-39-27(19-38-23)22-11-12-25-26(15-22)43-33(42-25)29-10-8-14-47(29)35(49)31(21(3)4)45-37(51)53-6/h11-12,15,17-21,28-31H,7-10,13-14,16H2,1-6H3,(H,40,41)(H,42,43)(H,44,50)(H,45,51). The molecule has 2 aliphatic heterocycles. The van der Waals surface area contributed by atoms with Gasteiger partial charge < -0.3 is 39.9 Å². The molecule has 16 heteroatoms. The van der Waals surface area contributed by atoms with E-state index < -0.39 is 24.3 Å². The van der Waals surface area contributed by atoms with Crippen molar-refractivity contribution in [2.24, 2.45) is 11.8 Å². The number of imidazole rings is 2. The van der Waals surface area contributed by atoms with Crippen LogP contribution in [0.5, 0.6) is 0 Å². The van der Waals surface area contributed by atoms with Crippen LogP contribution in [0.15, 0.2) is 36.8 Å². The van der Waals surface area contributed by atoms with Crippen molar-refractivity contribution < 1.29 is 28.7 Å². The Morgan fingerprint density at radius 1 is 0.792 bits per heavy atom. The first kappa shape index (κ1) is 37.2. The number of hydrogen-bond donors (Lipinski definition) is 4. The number of benzene rings is 1. The zero-order valence-electron chi connectivity index (χ0n) is 31.0. The smallest absolute Gasteiger partial charge is 0.407 e. The number of H-pyrrole nitrogens is 2. The fraction of sp³-hybridized carbons (Fsp3) is 0.514. The maximum Gasteiger partial charge on any atom is 0.407 e. The number of nitrogens with zero attached hydrogens (tertiary/aromatic N) is 6. The Bertz CT molecular complexity index is 1940. The molecule has 5 heterocycles. The number of rotatable bonds is 11. The van der Waals surface area contributed by atoms with E-state index in [0.29, 0.717) is 36.9 Å². The third kappa shape index (κ3) is 8.10. The van der Waals surface area contributed by atoms with Crippen LogP contribution in [0.2, 0.25) is 0 Å². The van der Waals surface area contributed by atoms with E-state index in [4.69, 9.17) is 19.4 Å². The molecule has 0 saturated carbocycles. The van der Waals surface area contributed by atoms with Gasteiger partial charge in [-0.25, -0.2) is 19.6 Å². The lowest BCUT2D eigenvalue weighted by molar-refractivity contribution is -0.136. The zero-order chi connectivity index (χ0) is 37.8. The molecular weight excluding hydrogens is 680 g/mol. The fourth-order valence-electron chi connectivity index (χ4n) is 7.16. The van der Waals surface area contributed by atoms with Crippen molar-refractivity contribution in [2.75, 3.05) is 27.3 Å². The number of carbonyl (C=O) groups is 4. The third-order valence-corrected chi connectivity index (χ3v) is 10.0. The summed E-state index contributed by atoms with van der Waals surface area (Å²) in [7, 11) is 2.56. The van der Waals surface area contributed by atoms with Crippen LogP contribution in [0.25, 0.3) is 22.3 Å². The molecule has 16 nitrogen and oxygen atoms in total. The lowest BCUT2D eigenvalue weighted by Gasteiger charge is -2.30. The molecule has 3 aromatic heterocycles. The van der Waals surface area contributed by atoms with Gasteiger partial charge in [0.15, 0.2) is 0 Å². The van der Waals surface area contributed by atoms with Crippen molar-refractivity contribution in [1.82, 2.24) is 50.3 Å². The summed E-state index contributed by atoms with van der Waals surface area (Å²) in [6, 6.07) is 3.99. The number of carbonyl (C=O) groups excluding carboxylic acids is 4. The van der Waals surface area contributed by atoms with Crippen molar-refractivity contribution in [3.63, 3.8) is 0 Å². The number of nitrogens with one attached hydrogen (secondary N) is 4. The molecule has 53 heavy (non-hydrogen) atoms. The van der Waals surface area contributed by atoms with Crippen LogP contribution < -0.4 is 10.6 Å². The quantitative estimate of drug-likeness (QED) is 0.171. The molecule has 2 fully saturated rings. The number of aromatic amines is 2. The van der Waals surface area contributed by atoms with Crippen LogP contribution in [0, 0.1) is 11.8 Å². The minimum absolute atomic E-state index is 0.113. The van der Waals surface area contributed by atoms with Gasteiger partial charge in [-0.2, -0.15) is 0 Å². The third-order valence-electron chi connectivity index (χ3n) is 10.0. The summed E-state index contributed by atoms with van der Waals surface area (Å²) < 4.78 is 9.49. The number of aromatic nitrogens is 6. The second-order valence-corrected chi connectivity index (χ2v) is 14.3. The van der Waals surface area contributed by atoms with Crippen molar-refractivity contribution in [1.29, 1.82) is 0 Å². The van der Waals surface area contributed by atoms with Crippen LogP contribution in [0.1, 0.15) is 88.5 Å². The molecule has 4 atom stereocenters. The van der Waals surface area contributed by atoms with E-state index in [0.717, 1.165) is 53.7 Å². The van der Waals surface area contributed by atoms with Gasteiger partial charge >= 0.3 is 12.2 Å². The van der Waals surface area contributed by atoms with Crippen molar-refractivity contribution in [3.8, 4) is 11.3 Å². The second kappa shape index (κ2) is 16.0. The molecule has 2 saturated heterocycles. The Balaban J connectivity index is 1.12. The van der Waals surface area contributed by atoms with Crippen molar-refractivity contribution in [2.45, 2.75) is 84.0 Å². The van der Waals surface area contributed by atoms with E-state index in [9.17, 15) is 19.2 Å². The first-order chi connectivity index (χ1) is 25.5. The van der Waals surface area contributed by atoms with Gasteiger partial charge in [0.2, 0.25) is 11.8 Å². The Morgan fingerprint density at radius 3 is 1.94 bits per heavy atom. The van der Waals surface area contributed by atoms with E-state index >= 15 is 0 Å². The summed E-state index contributed by atoms with van der Waals surface area (Å²) in [5, 5.41) is 5.37. The maximum absolute atomic E-state index is 13.6. The number of alkyl carbamates (subject to hydrolysis) is 2. The summed E-state index contributed by atoms with van der Waals surface area (Å²) in [6.07, 6.45) is 7.64. The number of ether oxygens (including phenoxy) is 2. The van der Waals surface area contributed by atoms with E-state index in [1.54, 1.807) is 28.4 Å². The number of methoxy groups -OCH3 is 2. The van der Waals surface area contributed by atoms with Gasteiger partial charge in [0, 0.05) is 43.2 Å². The maximum atomic E-state index is 13.6. The molecule has 4 aromatic rings. The SMILES string of the molecule is COC(=O)NC(C(=O)N1CCCC1c1ncc(Cc2cnc(-c3ccc4nc(C5CCCN5C(=O)C(NC(=O)OC)C(C)C)[nH]c4c3)cn2)[nH]1)C(C)C. The monoisotopic (exact) mass is 728 g/mol. The molecule has 1 aromatic carbocycles. The van der Waals surface area contributed by atoms with E-state index in [1.807, 2.05) is 45.9 Å². The second-order valence-electron chi connectivity index (χ2n) is 14.3. The van der Waals surface area contributed by atoms with Crippen molar-refractivity contribution >= 4 is 35.0 Å². The molecule has 0 aliphatic carbocycles. The number of hydrogen-bond acceptors (Lipinski definition) is 10. The largest absolute Gasteiger partial charge is 0.453 e. The normalized spacial score (nSPS) is 18.4. The van der Waals surface area contributed by atoms with Gasteiger partial charge in [0.25, 0.3) is 0 Å². The van der Waals surface area contributed by atoms with Gasteiger partial charge in [-0.1, -0.05) is 33.8 Å². The molecule has 0 spiro atoms. The molecule has 4 N–H and O–H groups in total. The summed E-state index contributed by atoms with van der Waals surface area (Å²) in [6.45, 7) is 8.72. The predicted molar refractivity (Wildman–Crippen MR) is 194 cm³/mol. The zero-order valence-corrected chi connectivity index (χ0v) is 31.0. The molecule has 282 valence electrons. The first-order valence-electron chi connectivity index (χ1n) is 18.1. The van der Waals surface area contributed by atoms with Crippen molar-refractivity contribution in [3.05, 3.63) is 59.8 Å². The molecular formula is C37H48N10O6. The highest BCUT2D eigenvalue weighted by Crippen LogP contribution is 2.34. The van der Waals surface area contributed by atoms with Crippen LogP contribution in [0.4, 0.5) is 9.59 Å². The van der Waals surface area contributed by atoms with Crippen LogP contribution in [-0.2, 0) is 25.5 Å². The molecule has 0 bridgehead atoms. The fourth-order valence-corrected chi connectivity index (χ4v) is 7.16. The van der Waals surface area contributed by atoms with Crippen LogP contribution >= 0.6 is 0 Å². The number of fused-ring (bicyclic) bond motifs is 1. The average molecular weight is 729 g/mol. The molecule has 0 radical (unpaired) electrons. The predicted octanol–water partition coefficient (Wildman–Crippen LogP) is 4.42. The van der Waals surface area contributed by atoms with Gasteiger partial charge in [0.1, 0.15) is 23.7 Å². The van der Waals surface area contributed by atoms with Gasteiger partial charge in [0.05, 0.1) is 54.9 Å². The number of likely N-dealkylation sites (tertiary alicyclic amines) is 2. The molecule has 2 aliphatic rings. The lowest BCUT2D eigenvalue weighted by Crippen LogP contribution is -2.51. The molecule has 6 rings (SSSR count). The lowest BCUT2D eigenvalue weighted by atomic mass is 10.0. The van der Waals surface area contributed by atoms with Crippen LogP contribution in [0.3, 0.4) is 0 Å². The Hall–Kier alpha value is -5.54. The Kier molecular flexibility index (Phi) is 11.2. The van der Waals surface area contributed by atoms with E-state index in [2.05, 4.69) is 30.6 Å². The first-order valence-corrected chi connectivity index (χ1v) is 18.1. The van der Waals surface area contributed by atoms with Gasteiger partial charge in [-0.05, 0) is 49.7 Å². The number of amides is 4. The minimum Gasteiger partial charge on any atom is -0.453 e. The Labute approximate surface area is 307 Å². The summed E-state index contributed by atoms with van der Waals surface area (Å²) in [4.78, 5) is 80.1. The highest BCUT2D eigenvalue weighted by molar-refractivity contribution is 5.87. The van der Waals surface area contributed by atoms with E-state index in [1.165, 1.54) is 14.2 Å². The van der Waals surface area contributed by atoms with Gasteiger partial charge in [-0.3, -0.25) is 19.6 Å². The van der Waals surface area contributed by atoms with Gasteiger partial charge in [-0.15, -0.1) is 0 Å². The topological polar surface area (TPSA) is 200 Å². The van der Waals surface area contributed by atoms with E-state index in [-0.39, 0.29) is 35.7 Å². The molecule has 4 unspecified atom stereocenters. The highest BCUT2D eigenvalue weighted by atomic mass is 16.5. The molecule has 4 amide bonds. The Morgan fingerprint density at radius 2 is 1.40 bits per heavy atom. The summed E-state index contributed by atoms with van der Waals surface area (Å²) in [5.41, 5.74) is 4.76.